The quantitative estimate of drug-likeness (QED) is 0.279. The molecule has 0 fully saturated rings. The van der Waals surface area contributed by atoms with E-state index in [-0.39, 0.29) is 11.9 Å². The number of hydrogen-bond donors (Lipinski definition) is 3. The van der Waals surface area contributed by atoms with E-state index in [1.54, 1.807) is 18.5 Å². The van der Waals surface area contributed by atoms with E-state index in [0.717, 1.165) is 27.8 Å². The zero-order valence-corrected chi connectivity index (χ0v) is 19.0. The Kier molecular flexibility index (Phi) is 6.60. The predicted molar refractivity (Wildman–Crippen MR) is 125 cm³/mol. The largest absolute Gasteiger partial charge is 0.490 e. The molecule has 12 heteroatoms. The molecule has 0 aliphatic heterocycles. The summed E-state index contributed by atoms with van der Waals surface area (Å²) in [6, 6.07) is 14.7. The number of carbonyl (C=O) groups is 1. The van der Waals surface area contributed by atoms with Gasteiger partial charge in [0.05, 0.1) is 17.9 Å². The standard InChI is InChI=1S/C22H19FN6.C2HF3O2/c1-13-17-8-3-4-9-18(17)29(16-7-5-6-15(23)10-16)20(13)14(2)28-22-19-21(25-11-24-19)26-12-27-22;3-2(4,5)1(6)7/h3-12,14H,1-2H3,(H2,24,25,26,27,28);(H,6,7). The van der Waals surface area contributed by atoms with Gasteiger partial charge in [-0.25, -0.2) is 24.1 Å². The Morgan fingerprint density at radius 1 is 1.11 bits per heavy atom. The molecule has 0 aliphatic rings. The Labute approximate surface area is 201 Å². The Morgan fingerprint density at radius 3 is 2.53 bits per heavy atom. The van der Waals surface area contributed by atoms with Crippen molar-refractivity contribution in [3.63, 3.8) is 0 Å². The number of fused-ring (bicyclic) bond motifs is 2. The highest BCUT2D eigenvalue weighted by molar-refractivity contribution is 5.88. The lowest BCUT2D eigenvalue weighted by atomic mass is 10.1. The van der Waals surface area contributed by atoms with Crippen LogP contribution in [0.15, 0.2) is 61.2 Å². The molecule has 3 aromatic heterocycles. The van der Waals surface area contributed by atoms with Crippen molar-refractivity contribution in [2.45, 2.75) is 26.1 Å². The van der Waals surface area contributed by atoms with E-state index in [1.807, 2.05) is 18.2 Å². The van der Waals surface area contributed by atoms with Gasteiger partial charge in [0.15, 0.2) is 11.5 Å². The number of carboxylic acids is 1. The van der Waals surface area contributed by atoms with Crippen LogP contribution >= 0.6 is 0 Å². The van der Waals surface area contributed by atoms with Gasteiger partial charge in [-0.2, -0.15) is 13.2 Å². The number of H-pyrrole nitrogens is 1. The van der Waals surface area contributed by atoms with Gasteiger partial charge in [0, 0.05) is 16.8 Å². The lowest BCUT2D eigenvalue weighted by molar-refractivity contribution is -0.192. The van der Waals surface area contributed by atoms with Crippen molar-refractivity contribution in [2.75, 3.05) is 5.32 Å². The molecule has 3 heterocycles. The van der Waals surface area contributed by atoms with E-state index in [1.165, 1.54) is 12.4 Å². The number of aromatic nitrogens is 5. The van der Waals surface area contributed by atoms with Gasteiger partial charge in [0.1, 0.15) is 17.7 Å². The molecule has 3 N–H and O–H groups in total. The SMILES string of the molecule is Cc1c(C(C)Nc2ncnc3[nH]cnc23)n(-c2cccc(F)c2)c2ccccc12.O=C(O)C(F)(F)F. The minimum absolute atomic E-state index is 0.111. The molecule has 0 saturated heterocycles. The fraction of sp³-hybridized carbons (Fsp3) is 0.167. The van der Waals surface area contributed by atoms with Gasteiger partial charge in [-0.05, 0) is 43.7 Å². The van der Waals surface area contributed by atoms with Crippen LogP contribution in [0.2, 0.25) is 0 Å². The molecule has 8 nitrogen and oxygen atoms in total. The van der Waals surface area contributed by atoms with Gasteiger partial charge < -0.3 is 20.0 Å². The fourth-order valence-corrected chi connectivity index (χ4v) is 3.98. The molecular weight excluding hydrogens is 480 g/mol. The number of nitrogens with zero attached hydrogens (tertiary/aromatic N) is 4. The van der Waals surface area contributed by atoms with E-state index in [0.29, 0.717) is 17.0 Å². The smallest absolute Gasteiger partial charge is 0.475 e. The summed E-state index contributed by atoms with van der Waals surface area (Å²) in [5.41, 5.74) is 5.36. The first-order valence-electron chi connectivity index (χ1n) is 10.6. The first-order valence-corrected chi connectivity index (χ1v) is 10.6. The number of nitrogens with one attached hydrogen (secondary N) is 2. The molecular formula is C24H20F4N6O2. The van der Waals surface area contributed by atoms with Crippen LogP contribution in [0.1, 0.15) is 24.2 Å². The summed E-state index contributed by atoms with van der Waals surface area (Å²) in [5.74, 6) is -2.37. The zero-order valence-electron chi connectivity index (χ0n) is 19.0. The van der Waals surface area contributed by atoms with Crippen molar-refractivity contribution < 1.29 is 27.5 Å². The monoisotopic (exact) mass is 500 g/mol. The summed E-state index contributed by atoms with van der Waals surface area (Å²) >= 11 is 0. The highest BCUT2D eigenvalue weighted by Crippen LogP contribution is 2.34. The third-order valence-electron chi connectivity index (χ3n) is 5.46. The molecule has 0 bridgehead atoms. The van der Waals surface area contributed by atoms with Crippen molar-refractivity contribution in [3.05, 3.63) is 78.3 Å². The number of aromatic amines is 1. The number of carboxylic acid groups (broad SMARTS) is 1. The average molecular weight is 500 g/mol. The first kappa shape index (κ1) is 24.6. The third-order valence-corrected chi connectivity index (χ3v) is 5.46. The normalized spacial score (nSPS) is 12.3. The van der Waals surface area contributed by atoms with Gasteiger partial charge in [-0.15, -0.1) is 0 Å². The second-order valence-corrected chi connectivity index (χ2v) is 7.83. The van der Waals surface area contributed by atoms with Crippen LogP contribution in [0.3, 0.4) is 0 Å². The van der Waals surface area contributed by atoms with Crippen molar-refractivity contribution >= 4 is 33.9 Å². The Morgan fingerprint density at radius 2 is 1.83 bits per heavy atom. The van der Waals surface area contributed by atoms with Crippen molar-refractivity contribution in [3.8, 4) is 5.69 Å². The molecule has 186 valence electrons. The van der Waals surface area contributed by atoms with E-state index in [9.17, 15) is 17.6 Å². The lowest BCUT2D eigenvalue weighted by Gasteiger charge is -2.20. The average Bonchev–Trinajstić information content (AvgIpc) is 3.42. The van der Waals surface area contributed by atoms with Gasteiger partial charge in [-0.3, -0.25) is 0 Å². The minimum atomic E-state index is -5.08. The van der Waals surface area contributed by atoms with Crippen LogP contribution in [-0.2, 0) is 4.79 Å². The third kappa shape index (κ3) is 4.83. The van der Waals surface area contributed by atoms with Gasteiger partial charge in [0.25, 0.3) is 0 Å². The number of alkyl halides is 3. The molecule has 0 radical (unpaired) electrons. The molecule has 0 amide bonds. The Bertz CT molecular complexity index is 1540. The van der Waals surface area contributed by atoms with Crippen molar-refractivity contribution in [1.82, 2.24) is 24.5 Å². The Hall–Kier alpha value is -4.48. The second-order valence-electron chi connectivity index (χ2n) is 7.83. The molecule has 0 aliphatic carbocycles. The van der Waals surface area contributed by atoms with E-state index in [4.69, 9.17) is 9.90 Å². The van der Waals surface area contributed by atoms with E-state index < -0.39 is 12.1 Å². The topological polar surface area (TPSA) is 109 Å². The van der Waals surface area contributed by atoms with E-state index in [2.05, 4.69) is 55.8 Å². The molecule has 5 rings (SSSR count). The number of aryl methyl sites for hydroxylation is 1. The van der Waals surface area contributed by atoms with Crippen LogP contribution in [0.25, 0.3) is 27.8 Å². The van der Waals surface area contributed by atoms with Crippen LogP contribution in [0.5, 0.6) is 0 Å². The number of rotatable bonds is 4. The van der Waals surface area contributed by atoms with Crippen LogP contribution in [-0.4, -0.2) is 41.8 Å². The molecule has 1 atom stereocenters. The maximum Gasteiger partial charge on any atom is 0.490 e. The molecule has 1 unspecified atom stereocenters. The number of anilines is 1. The number of halogens is 4. The van der Waals surface area contributed by atoms with Gasteiger partial charge >= 0.3 is 12.1 Å². The molecule has 5 aromatic rings. The van der Waals surface area contributed by atoms with Gasteiger partial charge in [0.2, 0.25) is 0 Å². The van der Waals surface area contributed by atoms with Crippen LogP contribution < -0.4 is 5.32 Å². The van der Waals surface area contributed by atoms with Crippen molar-refractivity contribution in [2.24, 2.45) is 0 Å². The number of aliphatic carboxylic acids is 1. The van der Waals surface area contributed by atoms with Gasteiger partial charge in [-0.1, -0.05) is 24.3 Å². The number of imidazole rings is 1. The van der Waals surface area contributed by atoms with Crippen LogP contribution in [0.4, 0.5) is 23.4 Å². The summed E-state index contributed by atoms with van der Waals surface area (Å²) < 4.78 is 47.9. The highest BCUT2D eigenvalue weighted by Gasteiger charge is 2.38. The molecule has 0 spiro atoms. The summed E-state index contributed by atoms with van der Waals surface area (Å²) in [7, 11) is 0. The predicted octanol–water partition coefficient (Wildman–Crippen LogP) is 5.55. The molecule has 0 saturated carbocycles. The summed E-state index contributed by atoms with van der Waals surface area (Å²) in [5, 5.41) is 11.7. The first-order chi connectivity index (χ1) is 17.1. The summed E-state index contributed by atoms with van der Waals surface area (Å²) in [6.07, 6.45) is -1.98. The molecule has 36 heavy (non-hydrogen) atoms. The van der Waals surface area contributed by atoms with Crippen molar-refractivity contribution in [1.29, 1.82) is 0 Å². The lowest BCUT2D eigenvalue weighted by Crippen LogP contribution is -2.21. The highest BCUT2D eigenvalue weighted by atomic mass is 19.4. The number of para-hydroxylation sites is 1. The minimum Gasteiger partial charge on any atom is -0.475 e. The fourth-order valence-electron chi connectivity index (χ4n) is 3.98. The number of benzene rings is 2. The maximum atomic E-state index is 14.0. The zero-order chi connectivity index (χ0) is 26.0. The Balaban J connectivity index is 0.000000384. The maximum absolute atomic E-state index is 14.0. The summed E-state index contributed by atoms with van der Waals surface area (Å²) in [6.45, 7) is 4.16. The second kappa shape index (κ2) is 9.64. The number of hydrogen-bond acceptors (Lipinski definition) is 5. The van der Waals surface area contributed by atoms with E-state index >= 15 is 0 Å². The summed E-state index contributed by atoms with van der Waals surface area (Å²) in [4.78, 5) is 24.8. The van der Waals surface area contributed by atoms with Crippen LogP contribution in [0, 0.1) is 12.7 Å². The molecule has 2 aromatic carbocycles.